The molecule has 1 aromatic carbocycles. The van der Waals surface area contributed by atoms with Gasteiger partial charge in [-0.05, 0) is 51.0 Å². The Hall–Kier alpha value is -1.66. The smallest absolute Gasteiger partial charge is 0.298 e. The summed E-state index contributed by atoms with van der Waals surface area (Å²) in [5.74, 6) is 0. The number of carbonyl (C=O) groups is 1. The van der Waals surface area contributed by atoms with Crippen molar-refractivity contribution in [2.45, 2.75) is 44.9 Å². The molecule has 1 radical (unpaired) electrons. The minimum atomic E-state index is -4.48. The highest BCUT2D eigenvalue weighted by Gasteiger charge is 2.52. The molecule has 22 heavy (non-hydrogen) atoms. The maximum Gasteiger partial charge on any atom is 0.416 e. The zero-order valence-electron chi connectivity index (χ0n) is 12.8. The summed E-state index contributed by atoms with van der Waals surface area (Å²) in [7, 11) is 0. The second-order valence-electron chi connectivity index (χ2n) is 6.40. The lowest BCUT2D eigenvalue weighted by Crippen LogP contribution is -2.47. The molecule has 3 nitrogen and oxygen atoms in total. The van der Waals surface area contributed by atoms with Gasteiger partial charge in [-0.25, -0.2) is 0 Å². The molecule has 6 heteroatoms. The maximum atomic E-state index is 12.9. The number of hydrogen-bond donors (Lipinski definition) is 0. The number of hydrogen-bond acceptors (Lipinski definition) is 2. The zero-order chi connectivity index (χ0) is 16.9. The lowest BCUT2D eigenvalue weighted by molar-refractivity contribution is -0.236. The fourth-order valence-corrected chi connectivity index (χ4v) is 3.11. The molecular formula is C16H17F3NO2. The van der Waals surface area contributed by atoms with Crippen molar-refractivity contribution in [1.82, 2.24) is 5.06 Å². The van der Waals surface area contributed by atoms with Crippen molar-refractivity contribution in [3.63, 3.8) is 0 Å². The van der Waals surface area contributed by atoms with Crippen LogP contribution in [0.4, 0.5) is 13.2 Å². The van der Waals surface area contributed by atoms with Crippen LogP contribution in [0, 0.1) is 0 Å². The topological polar surface area (TPSA) is 40.2 Å². The molecule has 2 rings (SSSR count). The van der Waals surface area contributed by atoms with Crippen LogP contribution in [-0.4, -0.2) is 22.4 Å². The summed E-state index contributed by atoms with van der Waals surface area (Å²) in [4.78, 5) is 11.5. The molecule has 1 aliphatic heterocycles. The van der Waals surface area contributed by atoms with E-state index >= 15 is 0 Å². The van der Waals surface area contributed by atoms with E-state index in [1.165, 1.54) is 12.1 Å². The van der Waals surface area contributed by atoms with Crippen molar-refractivity contribution in [3.8, 4) is 0 Å². The van der Waals surface area contributed by atoms with E-state index in [0.717, 1.165) is 17.2 Å². The van der Waals surface area contributed by atoms with E-state index in [1.54, 1.807) is 27.7 Å². The van der Waals surface area contributed by atoms with Gasteiger partial charge in [-0.15, -0.1) is 10.3 Å². The second-order valence-corrected chi connectivity index (χ2v) is 6.40. The highest BCUT2D eigenvalue weighted by Crippen LogP contribution is 2.48. The van der Waals surface area contributed by atoms with Crippen LogP contribution in [0.2, 0.25) is 0 Å². The highest BCUT2D eigenvalue weighted by atomic mass is 19.4. The molecule has 0 amide bonds. The quantitative estimate of drug-likeness (QED) is 0.778. The van der Waals surface area contributed by atoms with Crippen LogP contribution in [0.3, 0.4) is 0 Å². The molecule has 119 valence electrons. The predicted octanol–water partition coefficient (Wildman–Crippen LogP) is 3.88. The molecule has 0 atom stereocenters. The number of benzene rings is 1. The summed E-state index contributed by atoms with van der Waals surface area (Å²) in [5.41, 5.74) is -2.19. The van der Waals surface area contributed by atoms with E-state index in [-0.39, 0.29) is 11.1 Å². The van der Waals surface area contributed by atoms with E-state index in [0.29, 0.717) is 11.9 Å². The first-order chi connectivity index (χ1) is 9.94. The van der Waals surface area contributed by atoms with Crippen molar-refractivity contribution in [2.75, 3.05) is 0 Å². The first-order valence-corrected chi connectivity index (χ1v) is 6.79. The van der Waals surface area contributed by atoms with Crippen LogP contribution < -0.4 is 0 Å². The fraction of sp³-hybridized carbons (Fsp3) is 0.438. The molecule has 1 aromatic rings. The van der Waals surface area contributed by atoms with E-state index in [9.17, 15) is 23.2 Å². The molecule has 1 aliphatic rings. The largest absolute Gasteiger partial charge is 0.416 e. The summed E-state index contributed by atoms with van der Waals surface area (Å²) < 4.78 is 38.7. The maximum absolute atomic E-state index is 12.9. The Morgan fingerprint density at radius 3 is 2.18 bits per heavy atom. The Balaban J connectivity index is 2.71. The van der Waals surface area contributed by atoms with Crippen LogP contribution in [0.15, 0.2) is 29.8 Å². The number of aldehydes is 1. The fourth-order valence-electron chi connectivity index (χ4n) is 3.11. The summed E-state index contributed by atoms with van der Waals surface area (Å²) in [6.45, 7) is 6.39. The van der Waals surface area contributed by atoms with Crippen molar-refractivity contribution in [3.05, 3.63) is 41.0 Å². The molecule has 0 saturated heterocycles. The van der Waals surface area contributed by atoms with Crippen molar-refractivity contribution in [1.29, 1.82) is 0 Å². The number of hydroxylamine groups is 2. The first-order valence-electron chi connectivity index (χ1n) is 6.79. The van der Waals surface area contributed by atoms with E-state index < -0.39 is 22.8 Å². The third kappa shape index (κ3) is 2.36. The molecule has 0 N–H and O–H groups in total. The minimum absolute atomic E-state index is 0.215. The highest BCUT2D eigenvalue weighted by molar-refractivity contribution is 5.95. The number of carbonyl (C=O) groups excluding carboxylic acids is 1. The van der Waals surface area contributed by atoms with Gasteiger partial charge in [0.2, 0.25) is 0 Å². The molecule has 0 aromatic heterocycles. The van der Waals surface area contributed by atoms with Crippen LogP contribution in [0.25, 0.3) is 5.57 Å². The Bertz CT molecular complexity index is 645. The molecular weight excluding hydrogens is 295 g/mol. The van der Waals surface area contributed by atoms with Crippen LogP contribution >= 0.6 is 0 Å². The van der Waals surface area contributed by atoms with Gasteiger partial charge in [0.25, 0.3) is 0 Å². The van der Waals surface area contributed by atoms with Gasteiger partial charge >= 0.3 is 6.18 Å². The average Bonchev–Trinajstić information content (AvgIpc) is 2.55. The van der Waals surface area contributed by atoms with Crippen molar-refractivity contribution in [2.24, 2.45) is 0 Å². The van der Waals surface area contributed by atoms with Gasteiger partial charge in [-0.1, -0.05) is 12.1 Å². The Labute approximate surface area is 127 Å². The van der Waals surface area contributed by atoms with Gasteiger partial charge in [0, 0.05) is 5.57 Å². The van der Waals surface area contributed by atoms with Crippen LogP contribution in [-0.2, 0) is 16.2 Å². The number of halogens is 3. The van der Waals surface area contributed by atoms with Gasteiger partial charge in [-0.3, -0.25) is 4.79 Å². The standard InChI is InChI=1S/C16H17F3NO2/c1-14(2)12(9-21)13(15(3,4)20(14)22)10-6-5-7-11(8-10)16(17,18)19/h5-9H,1-4H3. The number of rotatable bonds is 2. The molecule has 0 spiro atoms. The van der Waals surface area contributed by atoms with Crippen molar-refractivity contribution >= 4 is 11.9 Å². The van der Waals surface area contributed by atoms with E-state index in [2.05, 4.69) is 0 Å². The summed E-state index contributed by atoms with van der Waals surface area (Å²) >= 11 is 0. The first kappa shape index (κ1) is 16.7. The average molecular weight is 312 g/mol. The van der Waals surface area contributed by atoms with E-state index in [1.807, 2.05) is 0 Å². The third-order valence-electron chi connectivity index (χ3n) is 4.15. The Kier molecular flexibility index (Phi) is 3.74. The lowest BCUT2D eigenvalue weighted by Gasteiger charge is -2.34. The summed E-state index contributed by atoms with van der Waals surface area (Å²) in [6, 6.07) is 4.72. The monoisotopic (exact) mass is 312 g/mol. The Morgan fingerprint density at radius 1 is 1.09 bits per heavy atom. The van der Waals surface area contributed by atoms with Gasteiger partial charge < -0.3 is 0 Å². The van der Waals surface area contributed by atoms with Gasteiger partial charge in [-0.2, -0.15) is 13.2 Å². The number of alkyl halides is 3. The van der Waals surface area contributed by atoms with E-state index in [4.69, 9.17) is 0 Å². The molecule has 0 aliphatic carbocycles. The Morgan fingerprint density at radius 2 is 1.68 bits per heavy atom. The van der Waals surface area contributed by atoms with Crippen LogP contribution in [0.1, 0.15) is 38.8 Å². The third-order valence-corrected chi connectivity index (χ3v) is 4.15. The normalized spacial score (nSPS) is 21.3. The minimum Gasteiger partial charge on any atom is -0.298 e. The molecule has 0 unspecified atom stereocenters. The summed E-state index contributed by atoms with van der Waals surface area (Å²) in [5, 5.41) is 13.2. The van der Waals surface area contributed by atoms with Gasteiger partial charge in [0.15, 0.2) is 0 Å². The van der Waals surface area contributed by atoms with Crippen molar-refractivity contribution < 1.29 is 23.2 Å². The molecule has 0 saturated carbocycles. The predicted molar refractivity (Wildman–Crippen MR) is 75.1 cm³/mol. The molecule has 1 heterocycles. The molecule has 0 fully saturated rings. The zero-order valence-corrected chi connectivity index (χ0v) is 12.8. The van der Waals surface area contributed by atoms with Crippen LogP contribution in [0.5, 0.6) is 0 Å². The lowest BCUT2D eigenvalue weighted by atomic mass is 9.85. The van der Waals surface area contributed by atoms with Gasteiger partial charge in [0.05, 0.1) is 16.6 Å². The molecule has 0 bridgehead atoms. The SMILES string of the molecule is CC1(C)C(C=O)=C(c2cccc(C(F)(F)F)c2)C(C)(C)N1[O]. The summed E-state index contributed by atoms with van der Waals surface area (Å²) in [6.07, 6.45) is -3.91. The second kappa shape index (κ2) is 4.93. The van der Waals surface area contributed by atoms with Gasteiger partial charge in [0.1, 0.15) is 6.29 Å². The number of nitrogens with zero attached hydrogens (tertiary/aromatic N) is 1.